The average molecular weight is 395 g/mol. The van der Waals surface area contributed by atoms with Crippen LogP contribution in [-0.4, -0.2) is 53.1 Å². The molecule has 2 aliphatic heterocycles. The zero-order valence-electron chi connectivity index (χ0n) is 13.7. The van der Waals surface area contributed by atoms with Crippen molar-refractivity contribution < 1.29 is 14.7 Å². The number of piperidine rings is 2. The number of carbonyl (C=O) groups is 2. The van der Waals surface area contributed by atoms with Crippen molar-refractivity contribution in [2.45, 2.75) is 32.1 Å². The summed E-state index contributed by atoms with van der Waals surface area (Å²) in [5.41, 5.74) is 1.28. The van der Waals surface area contributed by atoms with E-state index in [0.717, 1.165) is 48.8 Å². The number of halogens is 1. The Hall–Kier alpha value is -1.56. The molecule has 2 aliphatic rings. The molecule has 2 saturated heterocycles. The molecule has 2 amide bonds. The van der Waals surface area contributed by atoms with Crippen LogP contribution in [0.5, 0.6) is 0 Å². The summed E-state index contributed by atoms with van der Waals surface area (Å²) in [4.78, 5) is 27.0. The molecule has 3 rings (SSSR count). The van der Waals surface area contributed by atoms with E-state index in [0.29, 0.717) is 19.5 Å². The zero-order valence-corrected chi connectivity index (χ0v) is 15.3. The fourth-order valence-corrected chi connectivity index (χ4v) is 4.06. The number of nitrogens with zero attached hydrogens (tertiary/aromatic N) is 2. The lowest BCUT2D eigenvalue weighted by Gasteiger charge is -2.46. The molecule has 0 aromatic heterocycles. The van der Waals surface area contributed by atoms with Gasteiger partial charge in [-0.05, 0) is 48.8 Å². The van der Waals surface area contributed by atoms with Gasteiger partial charge in [-0.25, -0.2) is 4.79 Å². The van der Waals surface area contributed by atoms with Crippen molar-refractivity contribution in [2.24, 2.45) is 5.41 Å². The van der Waals surface area contributed by atoms with Gasteiger partial charge in [0.15, 0.2) is 0 Å². The maximum Gasteiger partial charge on any atom is 0.407 e. The molecule has 5 nitrogen and oxygen atoms in total. The number of rotatable bonds is 2. The molecular formula is C18H23BrN2O3. The standard InChI is InChI=1S/C18H23BrN2O3/c19-15-3-1-14(2-4-15)13-16(22)20-9-5-18(6-10-20)7-11-21(12-8-18)17(23)24/h1-4H,5-13H2,(H,23,24). The Bertz CT molecular complexity index is 599. The third-order valence-corrected chi connectivity index (χ3v) is 6.07. The van der Waals surface area contributed by atoms with E-state index in [-0.39, 0.29) is 11.3 Å². The van der Waals surface area contributed by atoms with Crippen LogP contribution in [0, 0.1) is 5.41 Å². The smallest absolute Gasteiger partial charge is 0.407 e. The van der Waals surface area contributed by atoms with E-state index in [2.05, 4.69) is 15.9 Å². The third kappa shape index (κ3) is 3.91. The van der Waals surface area contributed by atoms with Crippen LogP contribution in [0.4, 0.5) is 4.79 Å². The van der Waals surface area contributed by atoms with Crippen molar-refractivity contribution in [3.05, 3.63) is 34.3 Å². The van der Waals surface area contributed by atoms with Gasteiger partial charge in [0.2, 0.25) is 5.91 Å². The number of carbonyl (C=O) groups excluding carboxylic acids is 1. The van der Waals surface area contributed by atoms with Gasteiger partial charge in [-0.1, -0.05) is 28.1 Å². The van der Waals surface area contributed by atoms with Crippen molar-refractivity contribution in [3.63, 3.8) is 0 Å². The summed E-state index contributed by atoms with van der Waals surface area (Å²) in [6.07, 6.45) is 3.47. The van der Waals surface area contributed by atoms with E-state index in [9.17, 15) is 9.59 Å². The van der Waals surface area contributed by atoms with E-state index < -0.39 is 6.09 Å². The fraction of sp³-hybridized carbons (Fsp3) is 0.556. The van der Waals surface area contributed by atoms with Crippen LogP contribution < -0.4 is 0 Å². The number of hydrogen-bond donors (Lipinski definition) is 1. The molecule has 0 unspecified atom stereocenters. The monoisotopic (exact) mass is 394 g/mol. The van der Waals surface area contributed by atoms with Crippen LogP contribution in [0.25, 0.3) is 0 Å². The minimum Gasteiger partial charge on any atom is -0.465 e. The Labute approximate surface area is 150 Å². The van der Waals surface area contributed by atoms with Crippen LogP contribution in [0.3, 0.4) is 0 Å². The molecule has 1 aromatic carbocycles. The van der Waals surface area contributed by atoms with Crippen LogP contribution in [-0.2, 0) is 11.2 Å². The molecular weight excluding hydrogens is 372 g/mol. The lowest BCUT2D eigenvalue weighted by atomic mass is 9.71. The minimum atomic E-state index is -0.813. The van der Waals surface area contributed by atoms with Gasteiger partial charge in [-0.3, -0.25) is 4.79 Å². The Kier molecular flexibility index (Phi) is 5.13. The summed E-state index contributed by atoms with van der Waals surface area (Å²) in [6.45, 7) is 2.84. The van der Waals surface area contributed by atoms with Crippen molar-refractivity contribution in [2.75, 3.05) is 26.2 Å². The first-order valence-electron chi connectivity index (χ1n) is 8.48. The molecule has 0 aliphatic carbocycles. The molecule has 0 saturated carbocycles. The van der Waals surface area contributed by atoms with Crippen LogP contribution >= 0.6 is 15.9 Å². The Morgan fingerprint density at radius 1 is 0.958 bits per heavy atom. The number of amides is 2. The number of carboxylic acid groups (broad SMARTS) is 1. The largest absolute Gasteiger partial charge is 0.465 e. The van der Waals surface area contributed by atoms with Gasteiger partial charge >= 0.3 is 6.09 Å². The minimum absolute atomic E-state index is 0.190. The molecule has 1 spiro atoms. The highest BCUT2D eigenvalue weighted by Gasteiger charge is 2.39. The predicted molar refractivity (Wildman–Crippen MR) is 94.9 cm³/mol. The number of likely N-dealkylation sites (tertiary alicyclic amines) is 2. The molecule has 2 fully saturated rings. The summed E-state index contributed by atoms with van der Waals surface area (Å²) < 4.78 is 1.02. The molecule has 1 aromatic rings. The first-order valence-corrected chi connectivity index (χ1v) is 9.27. The van der Waals surface area contributed by atoms with Gasteiger partial charge in [0, 0.05) is 30.7 Å². The SMILES string of the molecule is O=C(O)N1CCC2(CC1)CCN(C(=O)Cc1ccc(Br)cc1)CC2. The Balaban J connectivity index is 1.50. The van der Waals surface area contributed by atoms with E-state index in [4.69, 9.17) is 5.11 Å². The molecule has 0 radical (unpaired) electrons. The van der Waals surface area contributed by atoms with Gasteiger partial charge < -0.3 is 14.9 Å². The molecule has 130 valence electrons. The number of hydrogen-bond acceptors (Lipinski definition) is 2. The van der Waals surface area contributed by atoms with Crippen molar-refractivity contribution in [1.29, 1.82) is 0 Å². The van der Waals surface area contributed by atoms with Gasteiger partial charge in [0.1, 0.15) is 0 Å². The van der Waals surface area contributed by atoms with Crippen molar-refractivity contribution >= 4 is 27.9 Å². The fourth-order valence-electron chi connectivity index (χ4n) is 3.79. The highest BCUT2D eigenvalue weighted by atomic mass is 79.9. The second kappa shape index (κ2) is 7.13. The quantitative estimate of drug-likeness (QED) is 0.835. The molecule has 0 atom stereocenters. The van der Waals surface area contributed by atoms with E-state index in [1.807, 2.05) is 29.2 Å². The van der Waals surface area contributed by atoms with E-state index >= 15 is 0 Å². The normalized spacial score (nSPS) is 20.2. The first kappa shape index (κ1) is 17.3. The summed E-state index contributed by atoms with van der Waals surface area (Å²) in [5, 5.41) is 9.07. The van der Waals surface area contributed by atoms with Gasteiger partial charge in [0.05, 0.1) is 6.42 Å². The summed E-state index contributed by atoms with van der Waals surface area (Å²) in [5.74, 6) is 0.190. The summed E-state index contributed by atoms with van der Waals surface area (Å²) in [7, 11) is 0. The Morgan fingerprint density at radius 3 is 1.96 bits per heavy atom. The Morgan fingerprint density at radius 2 is 1.46 bits per heavy atom. The number of benzene rings is 1. The van der Waals surface area contributed by atoms with Crippen LogP contribution in [0.1, 0.15) is 31.2 Å². The van der Waals surface area contributed by atoms with Crippen molar-refractivity contribution in [3.8, 4) is 0 Å². The van der Waals surface area contributed by atoms with Gasteiger partial charge in [-0.15, -0.1) is 0 Å². The third-order valence-electron chi connectivity index (χ3n) is 5.54. The molecule has 24 heavy (non-hydrogen) atoms. The van der Waals surface area contributed by atoms with Crippen molar-refractivity contribution in [1.82, 2.24) is 9.80 Å². The average Bonchev–Trinajstić information content (AvgIpc) is 2.58. The second-order valence-electron chi connectivity index (χ2n) is 6.95. The molecule has 1 N–H and O–H groups in total. The van der Waals surface area contributed by atoms with Gasteiger partial charge in [0.25, 0.3) is 0 Å². The van der Waals surface area contributed by atoms with E-state index in [1.165, 1.54) is 4.90 Å². The maximum atomic E-state index is 12.5. The highest BCUT2D eigenvalue weighted by Crippen LogP contribution is 2.41. The molecule has 0 bridgehead atoms. The summed E-state index contributed by atoms with van der Waals surface area (Å²) in [6, 6.07) is 7.89. The van der Waals surface area contributed by atoms with Gasteiger partial charge in [-0.2, -0.15) is 0 Å². The molecule has 6 heteroatoms. The first-order chi connectivity index (χ1) is 11.5. The zero-order chi connectivity index (χ0) is 17.2. The topological polar surface area (TPSA) is 60.9 Å². The second-order valence-corrected chi connectivity index (χ2v) is 7.87. The maximum absolute atomic E-state index is 12.5. The lowest BCUT2D eigenvalue weighted by Crippen LogP contribution is -2.49. The predicted octanol–water partition coefficient (Wildman–Crippen LogP) is 3.37. The highest BCUT2D eigenvalue weighted by molar-refractivity contribution is 9.10. The summed E-state index contributed by atoms with van der Waals surface area (Å²) >= 11 is 3.41. The molecule has 2 heterocycles. The lowest BCUT2D eigenvalue weighted by molar-refractivity contribution is -0.133. The van der Waals surface area contributed by atoms with Crippen LogP contribution in [0.15, 0.2) is 28.7 Å². The van der Waals surface area contributed by atoms with E-state index in [1.54, 1.807) is 0 Å². The van der Waals surface area contributed by atoms with Crippen LogP contribution in [0.2, 0.25) is 0 Å².